The van der Waals surface area contributed by atoms with Gasteiger partial charge in [-0.15, -0.1) is 0 Å². The van der Waals surface area contributed by atoms with Crippen LogP contribution in [0.15, 0.2) is 24.3 Å². The third-order valence-electron chi connectivity index (χ3n) is 3.93. The highest BCUT2D eigenvalue weighted by Gasteiger charge is 2.20. The molecule has 1 atom stereocenters. The highest BCUT2D eigenvalue weighted by Crippen LogP contribution is 2.21. The first-order valence-corrected chi connectivity index (χ1v) is 7.41. The van der Waals surface area contributed by atoms with E-state index < -0.39 is 11.9 Å². The van der Waals surface area contributed by atoms with Crippen molar-refractivity contribution >= 4 is 11.9 Å². The second-order valence-electron chi connectivity index (χ2n) is 5.89. The number of rotatable bonds is 5. The van der Waals surface area contributed by atoms with Crippen LogP contribution in [-0.2, 0) is 4.79 Å². The number of nitrogens with zero attached hydrogens (tertiary/aromatic N) is 2. The Hall–Kier alpha value is -2.63. The predicted molar refractivity (Wildman–Crippen MR) is 87.3 cm³/mol. The van der Waals surface area contributed by atoms with Crippen molar-refractivity contribution in [2.24, 2.45) is 5.92 Å². The van der Waals surface area contributed by atoms with E-state index in [1.165, 1.54) is 10.5 Å². The largest absolute Gasteiger partial charge is 0.481 e. The van der Waals surface area contributed by atoms with Crippen LogP contribution in [0.2, 0.25) is 0 Å². The van der Waals surface area contributed by atoms with Crippen molar-refractivity contribution in [3.63, 3.8) is 0 Å². The normalized spacial score (nSPS) is 12.0. The van der Waals surface area contributed by atoms with Gasteiger partial charge in [-0.25, -0.2) is 0 Å². The first-order valence-electron chi connectivity index (χ1n) is 7.41. The summed E-state index contributed by atoms with van der Waals surface area (Å²) in [7, 11) is 1.58. The standard InChI is InChI=1S/C17H21N3O3/c1-10-5-6-13(7-11(10)2)14-8-15(19-18-14)16(21)20(4)9-12(3)17(22)23/h5-8,12H,9H2,1-4H3,(H,18,19)(H,22,23). The molecule has 2 aromatic rings. The molecule has 0 aliphatic heterocycles. The topological polar surface area (TPSA) is 86.3 Å². The number of benzene rings is 1. The lowest BCUT2D eigenvalue weighted by molar-refractivity contribution is -0.141. The average Bonchev–Trinajstić information content (AvgIpc) is 2.98. The number of amides is 1. The molecular formula is C17H21N3O3. The number of carbonyl (C=O) groups is 2. The maximum atomic E-state index is 12.3. The SMILES string of the molecule is Cc1ccc(-c2cc(C(=O)N(C)CC(C)C(=O)O)[nH]n2)cc1C. The third kappa shape index (κ3) is 3.77. The molecule has 2 N–H and O–H groups in total. The van der Waals surface area contributed by atoms with Crippen molar-refractivity contribution in [2.45, 2.75) is 20.8 Å². The second-order valence-corrected chi connectivity index (χ2v) is 5.89. The van der Waals surface area contributed by atoms with Crippen LogP contribution in [-0.4, -0.2) is 45.7 Å². The van der Waals surface area contributed by atoms with Crippen LogP contribution in [0, 0.1) is 19.8 Å². The van der Waals surface area contributed by atoms with Gasteiger partial charge in [0.2, 0.25) is 0 Å². The van der Waals surface area contributed by atoms with Crippen molar-refractivity contribution < 1.29 is 14.7 Å². The molecule has 6 heteroatoms. The Balaban J connectivity index is 2.16. The molecule has 1 aromatic heterocycles. The summed E-state index contributed by atoms with van der Waals surface area (Å²) in [5, 5.41) is 15.8. The number of H-pyrrole nitrogens is 1. The molecule has 0 radical (unpaired) electrons. The Morgan fingerprint density at radius 2 is 1.96 bits per heavy atom. The number of nitrogens with one attached hydrogen (secondary N) is 1. The van der Waals surface area contributed by atoms with E-state index in [1.54, 1.807) is 20.0 Å². The average molecular weight is 315 g/mol. The van der Waals surface area contributed by atoms with Gasteiger partial charge in [0.1, 0.15) is 5.69 Å². The quantitative estimate of drug-likeness (QED) is 0.887. The molecule has 0 bridgehead atoms. The highest BCUT2D eigenvalue weighted by molar-refractivity contribution is 5.93. The van der Waals surface area contributed by atoms with E-state index in [-0.39, 0.29) is 12.5 Å². The zero-order chi connectivity index (χ0) is 17.1. The van der Waals surface area contributed by atoms with Gasteiger partial charge in [0, 0.05) is 19.2 Å². The molecule has 0 aliphatic carbocycles. The van der Waals surface area contributed by atoms with Crippen LogP contribution >= 0.6 is 0 Å². The lowest BCUT2D eigenvalue weighted by Crippen LogP contribution is -2.33. The Labute approximate surface area is 135 Å². The molecule has 0 fully saturated rings. The Morgan fingerprint density at radius 3 is 2.57 bits per heavy atom. The van der Waals surface area contributed by atoms with Crippen LogP contribution < -0.4 is 0 Å². The van der Waals surface area contributed by atoms with Crippen LogP contribution in [0.25, 0.3) is 11.3 Å². The van der Waals surface area contributed by atoms with E-state index in [1.807, 2.05) is 32.0 Å². The van der Waals surface area contributed by atoms with Gasteiger partial charge >= 0.3 is 5.97 Å². The summed E-state index contributed by atoms with van der Waals surface area (Å²) >= 11 is 0. The van der Waals surface area contributed by atoms with E-state index in [0.29, 0.717) is 11.4 Å². The molecular weight excluding hydrogens is 294 g/mol. The molecule has 0 saturated heterocycles. The minimum Gasteiger partial charge on any atom is -0.481 e. The molecule has 23 heavy (non-hydrogen) atoms. The molecule has 0 saturated carbocycles. The van der Waals surface area contributed by atoms with E-state index in [9.17, 15) is 9.59 Å². The number of hydrogen-bond donors (Lipinski definition) is 2. The Kier molecular flexibility index (Phi) is 4.83. The van der Waals surface area contributed by atoms with Gasteiger partial charge in [-0.3, -0.25) is 14.7 Å². The molecule has 122 valence electrons. The van der Waals surface area contributed by atoms with Gasteiger partial charge in [-0.1, -0.05) is 19.1 Å². The Bertz CT molecular complexity index is 736. The maximum absolute atomic E-state index is 12.3. The number of aromatic amines is 1. The number of aromatic nitrogens is 2. The second kappa shape index (κ2) is 6.64. The number of carboxylic acid groups (broad SMARTS) is 1. The van der Waals surface area contributed by atoms with Crippen molar-refractivity contribution in [1.82, 2.24) is 15.1 Å². The van der Waals surface area contributed by atoms with Gasteiger partial charge < -0.3 is 10.0 Å². The summed E-state index contributed by atoms with van der Waals surface area (Å²) in [4.78, 5) is 24.6. The van der Waals surface area contributed by atoms with Crippen LogP contribution in [0.1, 0.15) is 28.5 Å². The van der Waals surface area contributed by atoms with E-state index in [2.05, 4.69) is 10.2 Å². The highest BCUT2D eigenvalue weighted by atomic mass is 16.4. The summed E-state index contributed by atoms with van der Waals surface area (Å²) in [5.74, 6) is -1.82. The molecule has 1 unspecified atom stereocenters. The molecule has 0 spiro atoms. The number of aliphatic carboxylic acids is 1. The minimum atomic E-state index is -0.926. The van der Waals surface area contributed by atoms with Crippen molar-refractivity contribution in [1.29, 1.82) is 0 Å². The fraction of sp³-hybridized carbons (Fsp3) is 0.353. The van der Waals surface area contributed by atoms with Gasteiger partial charge in [-0.2, -0.15) is 5.10 Å². The summed E-state index contributed by atoms with van der Waals surface area (Å²) in [6.45, 7) is 5.78. The molecule has 6 nitrogen and oxygen atoms in total. The zero-order valence-corrected chi connectivity index (χ0v) is 13.8. The lowest BCUT2D eigenvalue weighted by Gasteiger charge is -2.18. The summed E-state index contributed by atoms with van der Waals surface area (Å²) in [5.41, 5.74) is 4.33. The number of hydrogen-bond acceptors (Lipinski definition) is 3. The monoisotopic (exact) mass is 315 g/mol. The fourth-order valence-electron chi connectivity index (χ4n) is 2.26. The van der Waals surface area contributed by atoms with E-state index >= 15 is 0 Å². The van der Waals surface area contributed by atoms with E-state index in [0.717, 1.165) is 11.1 Å². The summed E-state index contributed by atoms with van der Waals surface area (Å²) in [6.07, 6.45) is 0. The van der Waals surface area contributed by atoms with Crippen molar-refractivity contribution in [3.8, 4) is 11.3 Å². The molecule has 2 rings (SSSR count). The number of carbonyl (C=O) groups excluding carboxylic acids is 1. The zero-order valence-electron chi connectivity index (χ0n) is 13.8. The fourth-order valence-corrected chi connectivity index (χ4v) is 2.26. The van der Waals surface area contributed by atoms with Gasteiger partial charge in [-0.05, 0) is 37.1 Å². The number of aryl methyl sites for hydroxylation is 2. The molecule has 1 heterocycles. The molecule has 0 aliphatic rings. The predicted octanol–water partition coefficient (Wildman–Crippen LogP) is 2.49. The summed E-state index contributed by atoms with van der Waals surface area (Å²) < 4.78 is 0. The van der Waals surface area contributed by atoms with Crippen LogP contribution in [0.5, 0.6) is 0 Å². The summed E-state index contributed by atoms with van der Waals surface area (Å²) in [6, 6.07) is 7.69. The lowest BCUT2D eigenvalue weighted by atomic mass is 10.0. The Morgan fingerprint density at radius 1 is 1.26 bits per heavy atom. The first kappa shape index (κ1) is 16.7. The van der Waals surface area contributed by atoms with Gasteiger partial charge in [0.25, 0.3) is 5.91 Å². The smallest absolute Gasteiger partial charge is 0.308 e. The third-order valence-corrected chi connectivity index (χ3v) is 3.93. The maximum Gasteiger partial charge on any atom is 0.308 e. The van der Waals surface area contributed by atoms with Gasteiger partial charge in [0.15, 0.2) is 0 Å². The van der Waals surface area contributed by atoms with E-state index in [4.69, 9.17) is 5.11 Å². The molecule has 1 aromatic carbocycles. The van der Waals surface area contributed by atoms with Crippen LogP contribution in [0.3, 0.4) is 0 Å². The number of carboxylic acids is 1. The van der Waals surface area contributed by atoms with Crippen molar-refractivity contribution in [2.75, 3.05) is 13.6 Å². The first-order chi connectivity index (χ1) is 10.8. The minimum absolute atomic E-state index is 0.145. The molecule has 1 amide bonds. The van der Waals surface area contributed by atoms with Gasteiger partial charge in [0.05, 0.1) is 11.6 Å². The van der Waals surface area contributed by atoms with Crippen molar-refractivity contribution in [3.05, 3.63) is 41.1 Å². The van der Waals surface area contributed by atoms with Crippen LogP contribution in [0.4, 0.5) is 0 Å².